The maximum Gasteiger partial charge on any atom is 0.220 e. The third-order valence-electron chi connectivity index (χ3n) is 4.04. The van der Waals surface area contributed by atoms with Crippen LogP contribution in [0.1, 0.15) is 31.2 Å². The lowest BCUT2D eigenvalue weighted by molar-refractivity contribution is -0.121. The Bertz CT molecular complexity index is 700. The molecule has 3 rings (SSSR count). The molecule has 1 fully saturated rings. The van der Waals surface area contributed by atoms with Crippen LogP contribution in [0.25, 0.3) is 0 Å². The molecular formula is C19H21FN2O3. The fraction of sp³-hybridized carbons (Fsp3) is 0.368. The van der Waals surface area contributed by atoms with Crippen molar-refractivity contribution >= 4 is 5.91 Å². The van der Waals surface area contributed by atoms with E-state index in [0.717, 1.165) is 31.4 Å². The van der Waals surface area contributed by atoms with Gasteiger partial charge in [-0.15, -0.1) is 0 Å². The van der Waals surface area contributed by atoms with Crippen molar-refractivity contribution < 1.29 is 18.7 Å². The first kappa shape index (κ1) is 17.4. The molecule has 6 heteroatoms. The summed E-state index contributed by atoms with van der Waals surface area (Å²) in [6.07, 6.45) is 5.20. The maximum atomic E-state index is 12.9. The van der Waals surface area contributed by atoms with Gasteiger partial charge in [0.1, 0.15) is 11.6 Å². The highest BCUT2D eigenvalue weighted by Gasteiger charge is 2.16. The second kappa shape index (κ2) is 8.58. The van der Waals surface area contributed by atoms with Crippen LogP contribution < -0.4 is 10.1 Å². The normalized spacial score (nSPS) is 16.6. The number of rotatable bonds is 7. The van der Waals surface area contributed by atoms with E-state index in [2.05, 4.69) is 10.3 Å². The molecule has 1 amide bonds. The Morgan fingerprint density at radius 1 is 1.32 bits per heavy atom. The number of nitrogens with one attached hydrogen (secondary N) is 1. The van der Waals surface area contributed by atoms with Crippen molar-refractivity contribution in [2.24, 2.45) is 0 Å². The molecule has 1 aliphatic rings. The summed E-state index contributed by atoms with van der Waals surface area (Å²) in [6, 6.07) is 9.30. The quantitative estimate of drug-likeness (QED) is 0.834. The highest BCUT2D eigenvalue weighted by Crippen LogP contribution is 2.20. The van der Waals surface area contributed by atoms with Gasteiger partial charge in [0, 0.05) is 31.8 Å². The van der Waals surface area contributed by atoms with Crippen molar-refractivity contribution in [1.29, 1.82) is 0 Å². The van der Waals surface area contributed by atoms with Gasteiger partial charge in [-0.2, -0.15) is 0 Å². The molecule has 1 unspecified atom stereocenters. The summed E-state index contributed by atoms with van der Waals surface area (Å²) in [4.78, 5) is 16.1. The summed E-state index contributed by atoms with van der Waals surface area (Å²) in [6.45, 7) is 1.22. The summed E-state index contributed by atoms with van der Waals surface area (Å²) >= 11 is 0. The second-order valence-corrected chi connectivity index (χ2v) is 6.01. The van der Waals surface area contributed by atoms with Gasteiger partial charge in [0.05, 0.1) is 6.10 Å². The Morgan fingerprint density at radius 2 is 2.16 bits per heavy atom. The molecule has 0 aliphatic carbocycles. The van der Waals surface area contributed by atoms with Gasteiger partial charge in [-0.1, -0.05) is 0 Å². The highest BCUT2D eigenvalue weighted by atomic mass is 19.1. The van der Waals surface area contributed by atoms with Crippen molar-refractivity contribution in [3.63, 3.8) is 0 Å². The zero-order valence-electron chi connectivity index (χ0n) is 13.9. The number of amides is 1. The number of hydrogen-bond acceptors (Lipinski definition) is 4. The number of aromatic nitrogens is 1. The number of halogens is 1. The standard InChI is InChI=1S/C19H21FN2O3/c20-15-3-5-17(6-4-15)25-19-12-14(9-10-21-19)13-22-18(23)8-7-16-2-1-11-24-16/h3-6,9-10,12,16H,1-2,7-8,11,13H2,(H,22,23). The lowest BCUT2D eigenvalue weighted by Crippen LogP contribution is -2.23. The van der Waals surface area contributed by atoms with Crippen molar-refractivity contribution in [3.05, 3.63) is 54.0 Å². The molecule has 1 atom stereocenters. The molecule has 5 nitrogen and oxygen atoms in total. The van der Waals surface area contributed by atoms with E-state index in [0.29, 0.717) is 24.6 Å². The minimum Gasteiger partial charge on any atom is -0.439 e. The average Bonchev–Trinajstić information content (AvgIpc) is 3.14. The number of carbonyl (C=O) groups excluding carboxylic acids is 1. The van der Waals surface area contributed by atoms with Gasteiger partial charge in [-0.25, -0.2) is 9.37 Å². The summed E-state index contributed by atoms with van der Waals surface area (Å²) in [5.74, 6) is 0.595. The molecule has 1 aromatic carbocycles. The zero-order valence-corrected chi connectivity index (χ0v) is 13.9. The summed E-state index contributed by atoms with van der Waals surface area (Å²) in [7, 11) is 0. The number of ether oxygens (including phenoxy) is 2. The van der Waals surface area contributed by atoms with E-state index in [4.69, 9.17) is 9.47 Å². The molecule has 0 radical (unpaired) electrons. The number of pyridine rings is 1. The van der Waals surface area contributed by atoms with Crippen molar-refractivity contribution in [3.8, 4) is 11.6 Å². The van der Waals surface area contributed by atoms with E-state index in [9.17, 15) is 9.18 Å². The van der Waals surface area contributed by atoms with E-state index in [-0.39, 0.29) is 17.8 Å². The zero-order chi connectivity index (χ0) is 17.5. The van der Waals surface area contributed by atoms with E-state index in [1.165, 1.54) is 24.3 Å². The molecule has 0 spiro atoms. The highest BCUT2D eigenvalue weighted by molar-refractivity contribution is 5.75. The van der Waals surface area contributed by atoms with Crippen LogP contribution in [0.2, 0.25) is 0 Å². The number of carbonyl (C=O) groups is 1. The summed E-state index contributed by atoms with van der Waals surface area (Å²) in [5, 5.41) is 2.89. The molecule has 25 heavy (non-hydrogen) atoms. The van der Waals surface area contributed by atoms with Gasteiger partial charge in [-0.3, -0.25) is 4.79 Å². The first-order valence-corrected chi connectivity index (χ1v) is 8.46. The smallest absolute Gasteiger partial charge is 0.220 e. The molecule has 1 N–H and O–H groups in total. The number of hydrogen-bond donors (Lipinski definition) is 1. The van der Waals surface area contributed by atoms with Crippen LogP contribution in [0, 0.1) is 5.82 Å². The molecule has 0 bridgehead atoms. The van der Waals surface area contributed by atoms with Gasteiger partial charge in [0.25, 0.3) is 0 Å². The Labute approximate surface area is 146 Å². The van der Waals surface area contributed by atoms with E-state index in [1.807, 2.05) is 6.07 Å². The van der Waals surface area contributed by atoms with Gasteiger partial charge >= 0.3 is 0 Å². The molecule has 1 saturated heterocycles. The Balaban J connectivity index is 1.47. The Morgan fingerprint density at radius 3 is 2.92 bits per heavy atom. The van der Waals surface area contributed by atoms with Crippen LogP contribution in [0.15, 0.2) is 42.6 Å². The second-order valence-electron chi connectivity index (χ2n) is 6.01. The van der Waals surface area contributed by atoms with Gasteiger partial charge in [-0.05, 0) is 55.2 Å². The van der Waals surface area contributed by atoms with Gasteiger partial charge in [0.2, 0.25) is 11.8 Å². The maximum absolute atomic E-state index is 12.9. The van der Waals surface area contributed by atoms with Crippen LogP contribution in [-0.2, 0) is 16.1 Å². The minimum absolute atomic E-state index is 0.00770. The summed E-state index contributed by atoms with van der Waals surface area (Å²) in [5.41, 5.74) is 0.887. The van der Waals surface area contributed by atoms with Crippen LogP contribution in [-0.4, -0.2) is 23.6 Å². The van der Waals surface area contributed by atoms with Crippen LogP contribution in [0.4, 0.5) is 4.39 Å². The number of benzene rings is 1. The van der Waals surface area contributed by atoms with E-state index >= 15 is 0 Å². The van der Waals surface area contributed by atoms with Gasteiger partial charge < -0.3 is 14.8 Å². The molecule has 1 aromatic heterocycles. The van der Waals surface area contributed by atoms with E-state index < -0.39 is 0 Å². The molecular weight excluding hydrogens is 323 g/mol. The lowest BCUT2D eigenvalue weighted by atomic mass is 10.1. The third kappa shape index (κ3) is 5.53. The van der Waals surface area contributed by atoms with Crippen LogP contribution in [0.5, 0.6) is 11.6 Å². The van der Waals surface area contributed by atoms with Crippen LogP contribution >= 0.6 is 0 Å². The molecule has 132 valence electrons. The number of nitrogens with zero attached hydrogens (tertiary/aromatic N) is 1. The molecule has 1 aliphatic heterocycles. The predicted octanol–water partition coefficient (Wildman–Crippen LogP) is 3.59. The third-order valence-corrected chi connectivity index (χ3v) is 4.04. The molecule has 2 heterocycles. The van der Waals surface area contributed by atoms with Crippen molar-refractivity contribution in [2.75, 3.05) is 6.61 Å². The molecule has 2 aromatic rings. The average molecular weight is 344 g/mol. The SMILES string of the molecule is O=C(CCC1CCCO1)NCc1ccnc(Oc2ccc(F)cc2)c1. The Kier molecular flexibility index (Phi) is 5.95. The van der Waals surface area contributed by atoms with Crippen molar-refractivity contribution in [1.82, 2.24) is 10.3 Å². The predicted molar refractivity (Wildman–Crippen MR) is 90.8 cm³/mol. The Hall–Kier alpha value is -2.47. The molecule has 0 saturated carbocycles. The fourth-order valence-corrected chi connectivity index (χ4v) is 2.69. The first-order valence-electron chi connectivity index (χ1n) is 8.46. The lowest BCUT2D eigenvalue weighted by Gasteiger charge is -2.10. The fourth-order valence-electron chi connectivity index (χ4n) is 2.69. The summed E-state index contributed by atoms with van der Waals surface area (Å²) < 4.78 is 24.0. The topological polar surface area (TPSA) is 60.5 Å². The van der Waals surface area contributed by atoms with Crippen molar-refractivity contribution in [2.45, 2.75) is 38.3 Å². The largest absolute Gasteiger partial charge is 0.439 e. The monoisotopic (exact) mass is 344 g/mol. The first-order chi connectivity index (χ1) is 12.2. The van der Waals surface area contributed by atoms with E-state index in [1.54, 1.807) is 12.3 Å². The van der Waals surface area contributed by atoms with Gasteiger partial charge in [0.15, 0.2) is 0 Å². The van der Waals surface area contributed by atoms with Crippen LogP contribution in [0.3, 0.4) is 0 Å². The minimum atomic E-state index is -0.320.